The Morgan fingerprint density at radius 2 is 1.10 bits per heavy atom. The van der Waals surface area contributed by atoms with Crippen molar-refractivity contribution in [2.45, 2.75) is 46.5 Å². The van der Waals surface area contributed by atoms with Crippen LogP contribution in [0.4, 0.5) is 22.7 Å². The standard InChI is InChI=1S/C45H42N2S2/c1-7-30-16-8-10-22-37(30)46(5)39-24-14-20-35-34-19-13-17-32(43(34)49-44(35)39)27-31-25-26-40(47(6)38-23-11-9-18-33(38)28(2)3)45-41(31)36-21-12-15-29(4)42(36)48-45/h8-26,28H,7,27H2,1-6H3. The number of fused-ring (bicyclic) bond motifs is 6. The minimum absolute atomic E-state index is 0.446. The maximum atomic E-state index is 2.41. The number of thiophene rings is 2. The van der Waals surface area contributed by atoms with Crippen molar-refractivity contribution in [3.8, 4) is 0 Å². The minimum atomic E-state index is 0.446. The Bertz CT molecular complexity index is 2500. The fraction of sp³-hybridized carbons (Fsp3) is 0.200. The molecule has 8 rings (SSSR count). The molecule has 0 saturated heterocycles. The maximum absolute atomic E-state index is 2.41. The molecule has 0 spiro atoms. The van der Waals surface area contributed by atoms with Gasteiger partial charge in [-0.25, -0.2) is 0 Å². The second kappa shape index (κ2) is 12.7. The Morgan fingerprint density at radius 1 is 0.510 bits per heavy atom. The summed E-state index contributed by atoms with van der Waals surface area (Å²) < 4.78 is 5.49. The smallest absolute Gasteiger partial charge is 0.0595 e. The molecular weight excluding hydrogens is 633 g/mol. The van der Waals surface area contributed by atoms with E-state index in [-0.39, 0.29) is 0 Å². The number of rotatable bonds is 8. The van der Waals surface area contributed by atoms with E-state index in [0.29, 0.717) is 5.92 Å². The third-order valence-electron chi connectivity index (χ3n) is 10.3. The van der Waals surface area contributed by atoms with Crippen molar-refractivity contribution < 1.29 is 0 Å². The van der Waals surface area contributed by atoms with Gasteiger partial charge in [-0.1, -0.05) is 112 Å². The van der Waals surface area contributed by atoms with Crippen LogP contribution in [0.1, 0.15) is 54.5 Å². The van der Waals surface area contributed by atoms with E-state index in [9.17, 15) is 0 Å². The van der Waals surface area contributed by atoms with Gasteiger partial charge in [0.05, 0.1) is 20.8 Å². The van der Waals surface area contributed by atoms with Crippen molar-refractivity contribution in [3.05, 3.63) is 143 Å². The number of aryl methyl sites for hydroxylation is 2. The molecule has 2 aromatic heterocycles. The zero-order valence-electron chi connectivity index (χ0n) is 29.2. The van der Waals surface area contributed by atoms with Crippen molar-refractivity contribution in [2.75, 3.05) is 23.9 Å². The van der Waals surface area contributed by atoms with Crippen LogP contribution in [0.5, 0.6) is 0 Å². The highest BCUT2D eigenvalue weighted by Crippen LogP contribution is 2.47. The summed E-state index contributed by atoms with van der Waals surface area (Å²) in [6.45, 7) is 9.06. The molecule has 0 amide bonds. The molecule has 0 aliphatic heterocycles. The topological polar surface area (TPSA) is 6.48 Å². The quantitative estimate of drug-likeness (QED) is 0.158. The molecule has 0 radical (unpaired) electrons. The van der Waals surface area contributed by atoms with E-state index in [1.807, 2.05) is 22.7 Å². The SMILES string of the molecule is CCc1ccccc1N(C)c1cccc2c1sc1c(Cc3ccc(N(C)c4ccccc4C(C)C)c4sc5c(C)cccc5c34)cccc12. The van der Waals surface area contributed by atoms with Crippen LogP contribution in [0.15, 0.2) is 115 Å². The molecule has 0 unspecified atom stereocenters. The zero-order chi connectivity index (χ0) is 33.8. The number of hydrogen-bond donors (Lipinski definition) is 0. The molecule has 6 aromatic carbocycles. The van der Waals surface area contributed by atoms with Crippen molar-refractivity contribution >= 4 is 85.8 Å². The average Bonchev–Trinajstić information content (AvgIpc) is 3.72. The lowest BCUT2D eigenvalue weighted by molar-refractivity contribution is 0.862. The van der Waals surface area contributed by atoms with E-state index in [0.717, 1.165) is 12.8 Å². The second-order valence-corrected chi connectivity index (χ2v) is 15.6. The highest BCUT2D eigenvalue weighted by Gasteiger charge is 2.21. The summed E-state index contributed by atoms with van der Waals surface area (Å²) in [5, 5.41) is 5.44. The van der Waals surface area contributed by atoms with Crippen LogP contribution in [0.25, 0.3) is 40.3 Å². The third-order valence-corrected chi connectivity index (χ3v) is 12.9. The summed E-state index contributed by atoms with van der Waals surface area (Å²) in [6, 6.07) is 42.9. The van der Waals surface area contributed by atoms with Gasteiger partial charge in [-0.2, -0.15) is 0 Å². The van der Waals surface area contributed by atoms with Gasteiger partial charge in [0.25, 0.3) is 0 Å². The van der Waals surface area contributed by atoms with Gasteiger partial charge < -0.3 is 9.80 Å². The van der Waals surface area contributed by atoms with Crippen LogP contribution >= 0.6 is 22.7 Å². The van der Waals surface area contributed by atoms with Gasteiger partial charge in [-0.05, 0) is 77.8 Å². The van der Waals surface area contributed by atoms with Crippen LogP contribution in [0, 0.1) is 6.92 Å². The Balaban J connectivity index is 1.28. The van der Waals surface area contributed by atoms with Crippen LogP contribution < -0.4 is 9.80 Å². The number of para-hydroxylation sites is 2. The first-order valence-electron chi connectivity index (χ1n) is 17.4. The van der Waals surface area contributed by atoms with Gasteiger partial charge in [-0.3, -0.25) is 0 Å². The van der Waals surface area contributed by atoms with Crippen molar-refractivity contribution in [3.63, 3.8) is 0 Å². The normalized spacial score (nSPS) is 11.8. The molecule has 0 bridgehead atoms. The Morgan fingerprint density at radius 3 is 1.90 bits per heavy atom. The van der Waals surface area contributed by atoms with E-state index in [1.54, 1.807) is 0 Å². The van der Waals surface area contributed by atoms with Gasteiger partial charge in [0.1, 0.15) is 0 Å². The highest BCUT2D eigenvalue weighted by molar-refractivity contribution is 7.27. The van der Waals surface area contributed by atoms with Gasteiger partial charge in [-0.15, -0.1) is 22.7 Å². The summed E-state index contributed by atoms with van der Waals surface area (Å²) in [6.07, 6.45) is 1.90. The monoisotopic (exact) mass is 674 g/mol. The lowest BCUT2D eigenvalue weighted by Crippen LogP contribution is -2.12. The van der Waals surface area contributed by atoms with Crippen molar-refractivity contribution in [1.29, 1.82) is 0 Å². The van der Waals surface area contributed by atoms with E-state index >= 15 is 0 Å². The van der Waals surface area contributed by atoms with Crippen molar-refractivity contribution in [1.82, 2.24) is 0 Å². The fourth-order valence-corrected chi connectivity index (χ4v) is 10.4. The largest absolute Gasteiger partial charge is 0.343 e. The van der Waals surface area contributed by atoms with E-state index in [2.05, 4.69) is 167 Å². The van der Waals surface area contributed by atoms with Gasteiger partial charge in [0, 0.05) is 56.4 Å². The predicted octanol–water partition coefficient (Wildman–Crippen LogP) is 13.5. The minimum Gasteiger partial charge on any atom is -0.343 e. The first-order chi connectivity index (χ1) is 23.9. The number of nitrogens with zero attached hydrogens (tertiary/aromatic N) is 2. The highest BCUT2D eigenvalue weighted by atomic mass is 32.1. The first kappa shape index (κ1) is 31.6. The third kappa shape index (κ3) is 5.29. The molecule has 0 aliphatic rings. The van der Waals surface area contributed by atoms with Gasteiger partial charge >= 0.3 is 0 Å². The molecule has 49 heavy (non-hydrogen) atoms. The van der Waals surface area contributed by atoms with E-state index in [1.165, 1.54) is 90.9 Å². The molecule has 0 fully saturated rings. The first-order valence-corrected chi connectivity index (χ1v) is 19.0. The van der Waals surface area contributed by atoms with Crippen molar-refractivity contribution in [2.24, 2.45) is 0 Å². The molecule has 0 aliphatic carbocycles. The summed E-state index contributed by atoms with van der Waals surface area (Å²) in [4.78, 5) is 4.79. The van der Waals surface area contributed by atoms with Crippen LogP contribution in [-0.2, 0) is 12.8 Å². The summed E-state index contributed by atoms with van der Waals surface area (Å²) in [5.41, 5.74) is 12.0. The molecule has 0 N–H and O–H groups in total. The fourth-order valence-electron chi connectivity index (χ4n) is 7.66. The summed E-state index contributed by atoms with van der Waals surface area (Å²) in [5.74, 6) is 0.446. The molecular formula is C45H42N2S2. The molecule has 2 heterocycles. The van der Waals surface area contributed by atoms with Gasteiger partial charge in [0.2, 0.25) is 0 Å². The van der Waals surface area contributed by atoms with Crippen LogP contribution in [-0.4, -0.2) is 14.1 Å². The lowest BCUT2D eigenvalue weighted by Gasteiger charge is -2.25. The Hall–Kier alpha value is -4.64. The number of benzene rings is 6. The zero-order valence-corrected chi connectivity index (χ0v) is 30.8. The van der Waals surface area contributed by atoms with E-state index in [4.69, 9.17) is 0 Å². The van der Waals surface area contributed by atoms with E-state index < -0.39 is 0 Å². The number of anilines is 4. The molecule has 0 atom stereocenters. The van der Waals surface area contributed by atoms with Crippen LogP contribution in [0.3, 0.4) is 0 Å². The molecule has 4 heteroatoms. The van der Waals surface area contributed by atoms with Gasteiger partial charge in [0.15, 0.2) is 0 Å². The average molecular weight is 675 g/mol. The lowest BCUT2D eigenvalue weighted by atomic mass is 9.96. The Kier molecular flexibility index (Phi) is 8.18. The van der Waals surface area contributed by atoms with Crippen LogP contribution in [0.2, 0.25) is 0 Å². The second-order valence-electron chi connectivity index (χ2n) is 13.5. The number of hydrogen-bond acceptors (Lipinski definition) is 4. The Labute approximate surface area is 297 Å². The molecule has 244 valence electrons. The summed E-state index contributed by atoms with van der Waals surface area (Å²) >= 11 is 3.89. The molecule has 8 aromatic rings. The maximum Gasteiger partial charge on any atom is 0.0595 e. The summed E-state index contributed by atoms with van der Waals surface area (Å²) in [7, 11) is 4.45. The molecule has 2 nitrogen and oxygen atoms in total. The molecule has 0 saturated carbocycles. The predicted molar refractivity (Wildman–Crippen MR) is 219 cm³/mol.